The van der Waals surface area contributed by atoms with E-state index in [1.165, 1.54) is 13.0 Å². The summed E-state index contributed by atoms with van der Waals surface area (Å²) in [6, 6.07) is 12.8. The summed E-state index contributed by atoms with van der Waals surface area (Å²) in [6.07, 6.45) is -4.70. The molecule has 1 heterocycles. The Hall–Kier alpha value is -2.94. The zero-order valence-electron chi connectivity index (χ0n) is 15.4. The van der Waals surface area contributed by atoms with E-state index >= 15 is 0 Å². The van der Waals surface area contributed by atoms with E-state index < -0.39 is 23.2 Å². The Morgan fingerprint density at radius 1 is 1.03 bits per heavy atom. The quantitative estimate of drug-likeness (QED) is 0.359. The SMILES string of the molecule is CC(=O)c1ccccc1NC(=O)C(C)Sc1nc(C(F)(F)F)nc2ccccc12. The average Bonchev–Trinajstić information content (AvgIpc) is 2.67. The number of para-hydroxylation sites is 2. The lowest BCUT2D eigenvalue weighted by molar-refractivity contribution is -0.145. The van der Waals surface area contributed by atoms with Gasteiger partial charge in [-0.05, 0) is 32.0 Å². The van der Waals surface area contributed by atoms with Crippen molar-refractivity contribution in [2.45, 2.75) is 30.3 Å². The van der Waals surface area contributed by atoms with Crippen LogP contribution in [0.2, 0.25) is 0 Å². The number of hydrogen-bond acceptors (Lipinski definition) is 5. The zero-order chi connectivity index (χ0) is 21.2. The molecular weight excluding hydrogens is 403 g/mol. The van der Waals surface area contributed by atoms with Crippen molar-refractivity contribution in [3.63, 3.8) is 0 Å². The first-order chi connectivity index (χ1) is 13.7. The Labute approximate surface area is 168 Å². The monoisotopic (exact) mass is 419 g/mol. The molecule has 1 unspecified atom stereocenters. The molecule has 2 aromatic carbocycles. The maximum Gasteiger partial charge on any atom is 0.451 e. The molecule has 0 fully saturated rings. The van der Waals surface area contributed by atoms with Gasteiger partial charge >= 0.3 is 6.18 Å². The molecule has 0 saturated carbocycles. The summed E-state index contributed by atoms with van der Waals surface area (Å²) in [5, 5.41) is 2.38. The fraction of sp³-hybridized carbons (Fsp3) is 0.200. The third kappa shape index (κ3) is 4.73. The number of Topliss-reactive ketones (excluding diaryl/α,β-unsaturated/α-hetero) is 1. The van der Waals surface area contributed by atoms with E-state index in [4.69, 9.17) is 0 Å². The van der Waals surface area contributed by atoms with Crippen LogP contribution in [0.25, 0.3) is 10.9 Å². The van der Waals surface area contributed by atoms with Crippen molar-refractivity contribution in [1.29, 1.82) is 0 Å². The lowest BCUT2D eigenvalue weighted by Crippen LogP contribution is -2.24. The number of thioether (sulfide) groups is 1. The Morgan fingerprint density at radius 3 is 2.38 bits per heavy atom. The van der Waals surface area contributed by atoms with E-state index in [1.54, 1.807) is 49.4 Å². The van der Waals surface area contributed by atoms with Gasteiger partial charge in [0.1, 0.15) is 5.03 Å². The Morgan fingerprint density at radius 2 is 1.69 bits per heavy atom. The summed E-state index contributed by atoms with van der Waals surface area (Å²) in [7, 11) is 0. The van der Waals surface area contributed by atoms with Crippen LogP contribution in [0.4, 0.5) is 18.9 Å². The minimum absolute atomic E-state index is 0.0606. The average molecular weight is 419 g/mol. The number of ketones is 1. The number of anilines is 1. The van der Waals surface area contributed by atoms with Crippen molar-refractivity contribution in [2.75, 3.05) is 5.32 Å². The molecule has 0 aliphatic carbocycles. The molecule has 0 radical (unpaired) electrons. The third-order valence-corrected chi connectivity index (χ3v) is 5.15. The number of hydrogen-bond donors (Lipinski definition) is 1. The molecule has 29 heavy (non-hydrogen) atoms. The number of carbonyl (C=O) groups excluding carboxylic acids is 2. The van der Waals surface area contributed by atoms with E-state index in [-0.39, 0.29) is 16.3 Å². The first-order valence-corrected chi connectivity index (χ1v) is 9.46. The van der Waals surface area contributed by atoms with Crippen LogP contribution in [0.3, 0.4) is 0 Å². The number of benzene rings is 2. The van der Waals surface area contributed by atoms with E-state index in [0.29, 0.717) is 16.6 Å². The number of aromatic nitrogens is 2. The van der Waals surface area contributed by atoms with E-state index in [2.05, 4.69) is 15.3 Å². The molecule has 0 aliphatic heterocycles. The van der Waals surface area contributed by atoms with Crippen molar-refractivity contribution >= 4 is 40.0 Å². The van der Waals surface area contributed by atoms with Gasteiger partial charge in [-0.15, -0.1) is 0 Å². The van der Waals surface area contributed by atoms with Crippen LogP contribution in [-0.2, 0) is 11.0 Å². The fourth-order valence-electron chi connectivity index (χ4n) is 2.62. The van der Waals surface area contributed by atoms with E-state index in [9.17, 15) is 22.8 Å². The van der Waals surface area contributed by atoms with Crippen molar-refractivity contribution in [3.8, 4) is 0 Å². The van der Waals surface area contributed by atoms with Gasteiger partial charge in [-0.1, -0.05) is 42.1 Å². The molecule has 3 rings (SSSR count). The van der Waals surface area contributed by atoms with Gasteiger partial charge in [-0.3, -0.25) is 9.59 Å². The standard InChI is InChI=1S/C20H16F3N3O2S/c1-11(27)13-7-3-5-9-15(13)24-17(28)12(2)29-18-14-8-4-6-10-16(14)25-19(26-18)20(21,22)23/h3-10,12H,1-2H3,(H,24,28). The number of rotatable bonds is 5. The fourth-order valence-corrected chi connectivity index (χ4v) is 3.56. The second kappa shape index (κ2) is 8.20. The highest BCUT2D eigenvalue weighted by molar-refractivity contribution is 8.00. The van der Waals surface area contributed by atoms with Gasteiger partial charge in [-0.2, -0.15) is 13.2 Å². The summed E-state index contributed by atoms with van der Waals surface area (Å²) in [6.45, 7) is 2.94. The molecular formula is C20H16F3N3O2S. The number of nitrogens with one attached hydrogen (secondary N) is 1. The van der Waals surface area contributed by atoms with Crippen LogP contribution < -0.4 is 5.32 Å². The predicted octanol–water partition coefficient (Wildman–Crippen LogP) is 4.97. The lowest BCUT2D eigenvalue weighted by Gasteiger charge is -2.15. The molecule has 1 N–H and O–H groups in total. The van der Waals surface area contributed by atoms with E-state index in [1.807, 2.05) is 0 Å². The molecule has 0 bridgehead atoms. The molecule has 1 amide bonds. The molecule has 0 spiro atoms. The van der Waals surface area contributed by atoms with Gasteiger partial charge in [0.15, 0.2) is 5.78 Å². The maximum absolute atomic E-state index is 13.2. The second-order valence-electron chi connectivity index (χ2n) is 6.22. The van der Waals surface area contributed by atoms with Gasteiger partial charge in [0.05, 0.1) is 16.5 Å². The highest BCUT2D eigenvalue weighted by Crippen LogP contribution is 2.34. The number of alkyl halides is 3. The van der Waals surface area contributed by atoms with Crippen LogP contribution in [0.1, 0.15) is 30.0 Å². The largest absolute Gasteiger partial charge is 0.451 e. The minimum Gasteiger partial charge on any atom is -0.324 e. The zero-order valence-corrected chi connectivity index (χ0v) is 16.3. The summed E-state index contributed by atoms with van der Waals surface area (Å²) in [5.41, 5.74) is 0.845. The lowest BCUT2D eigenvalue weighted by atomic mass is 10.1. The number of nitrogens with zero attached hydrogens (tertiary/aromatic N) is 2. The van der Waals surface area contributed by atoms with Gasteiger partial charge < -0.3 is 5.32 Å². The summed E-state index contributed by atoms with van der Waals surface area (Å²) >= 11 is 0.897. The van der Waals surface area contributed by atoms with Crippen LogP contribution in [0.5, 0.6) is 0 Å². The first kappa shape index (κ1) is 20.8. The topological polar surface area (TPSA) is 72.0 Å². The van der Waals surface area contributed by atoms with Gasteiger partial charge in [0, 0.05) is 10.9 Å². The Kier molecular flexibility index (Phi) is 5.88. The van der Waals surface area contributed by atoms with Crippen molar-refractivity contribution < 1.29 is 22.8 Å². The van der Waals surface area contributed by atoms with Crippen LogP contribution >= 0.6 is 11.8 Å². The highest BCUT2D eigenvalue weighted by Gasteiger charge is 2.36. The number of halogens is 3. The number of carbonyl (C=O) groups is 2. The second-order valence-corrected chi connectivity index (χ2v) is 7.55. The van der Waals surface area contributed by atoms with Crippen molar-refractivity contribution in [1.82, 2.24) is 9.97 Å². The summed E-state index contributed by atoms with van der Waals surface area (Å²) < 4.78 is 39.5. The minimum atomic E-state index is -4.70. The molecule has 9 heteroatoms. The Balaban J connectivity index is 1.89. The molecule has 1 aromatic heterocycles. The smallest absolute Gasteiger partial charge is 0.324 e. The third-order valence-electron chi connectivity index (χ3n) is 4.04. The molecule has 0 aliphatic rings. The van der Waals surface area contributed by atoms with Crippen LogP contribution in [0.15, 0.2) is 53.6 Å². The van der Waals surface area contributed by atoms with Crippen molar-refractivity contribution in [3.05, 3.63) is 59.9 Å². The number of fused-ring (bicyclic) bond motifs is 1. The first-order valence-electron chi connectivity index (χ1n) is 8.58. The summed E-state index contributed by atoms with van der Waals surface area (Å²) in [4.78, 5) is 31.5. The molecule has 3 aromatic rings. The molecule has 0 saturated heterocycles. The normalized spacial score (nSPS) is 12.6. The maximum atomic E-state index is 13.2. The van der Waals surface area contributed by atoms with Gasteiger partial charge in [0.25, 0.3) is 0 Å². The van der Waals surface area contributed by atoms with Gasteiger partial charge in [0.2, 0.25) is 11.7 Å². The van der Waals surface area contributed by atoms with Crippen molar-refractivity contribution in [2.24, 2.45) is 0 Å². The van der Waals surface area contributed by atoms with E-state index in [0.717, 1.165) is 11.8 Å². The van der Waals surface area contributed by atoms with Crippen LogP contribution in [-0.4, -0.2) is 26.9 Å². The summed E-state index contributed by atoms with van der Waals surface area (Å²) in [5.74, 6) is -1.92. The van der Waals surface area contributed by atoms with Gasteiger partial charge in [-0.25, -0.2) is 9.97 Å². The highest BCUT2D eigenvalue weighted by atomic mass is 32.2. The molecule has 5 nitrogen and oxygen atoms in total. The number of amides is 1. The Bertz CT molecular complexity index is 1090. The van der Waals surface area contributed by atoms with Crippen LogP contribution in [0, 0.1) is 0 Å². The predicted molar refractivity (Wildman–Crippen MR) is 105 cm³/mol. The molecule has 150 valence electrons. The molecule has 1 atom stereocenters.